The summed E-state index contributed by atoms with van der Waals surface area (Å²) in [6.45, 7) is 0.225. The second kappa shape index (κ2) is 9.92. The van der Waals surface area contributed by atoms with Gasteiger partial charge in [0.1, 0.15) is 12.4 Å². The number of carbonyl (C=O) groups is 2. The number of benzene rings is 3. The predicted octanol–water partition coefficient (Wildman–Crippen LogP) is 4.85. The number of fused-ring (bicyclic) bond motifs is 1. The van der Waals surface area contributed by atoms with Gasteiger partial charge in [-0.15, -0.1) is 11.3 Å². The van der Waals surface area contributed by atoms with Crippen molar-refractivity contribution in [2.24, 2.45) is 5.10 Å². The zero-order chi connectivity index (χ0) is 24.1. The standard InChI is InChI=1S/C24H17N3O6S/c28-23(22-12-18-11-19(27(31)32)6-9-21(18)34-22)26-25-13-15-4-7-20(8-5-15)33-14-16-2-1-3-17(10-16)24(29)30/h1-13H,14H2,(H,26,28)(H,29,30). The van der Waals surface area contributed by atoms with Crippen LogP contribution >= 0.6 is 11.3 Å². The monoisotopic (exact) mass is 475 g/mol. The van der Waals surface area contributed by atoms with E-state index < -0.39 is 16.8 Å². The van der Waals surface area contributed by atoms with Gasteiger partial charge in [-0.3, -0.25) is 14.9 Å². The number of hydrogen-bond donors (Lipinski definition) is 2. The molecule has 9 nitrogen and oxygen atoms in total. The molecule has 0 aliphatic carbocycles. The van der Waals surface area contributed by atoms with E-state index in [2.05, 4.69) is 10.5 Å². The predicted molar refractivity (Wildman–Crippen MR) is 128 cm³/mol. The Balaban J connectivity index is 1.33. The third kappa shape index (κ3) is 5.43. The number of nitro benzene ring substituents is 1. The molecule has 1 heterocycles. The first kappa shape index (κ1) is 22.6. The van der Waals surface area contributed by atoms with Gasteiger partial charge in [0.05, 0.1) is 21.6 Å². The summed E-state index contributed by atoms with van der Waals surface area (Å²) in [6, 6.07) is 19.6. The molecule has 0 unspecified atom stereocenters. The van der Waals surface area contributed by atoms with Crippen molar-refractivity contribution in [1.29, 1.82) is 0 Å². The highest BCUT2D eigenvalue weighted by atomic mass is 32.1. The van der Waals surface area contributed by atoms with Gasteiger partial charge in [0, 0.05) is 22.2 Å². The summed E-state index contributed by atoms with van der Waals surface area (Å²) in [6.07, 6.45) is 1.48. The van der Waals surface area contributed by atoms with Gasteiger partial charge in [0.2, 0.25) is 0 Å². The zero-order valence-corrected chi connectivity index (χ0v) is 18.3. The topological polar surface area (TPSA) is 131 Å². The Morgan fingerprint density at radius 1 is 1.09 bits per heavy atom. The number of carboxylic acid groups (broad SMARTS) is 1. The van der Waals surface area contributed by atoms with Crippen LogP contribution in [0.3, 0.4) is 0 Å². The summed E-state index contributed by atoms with van der Waals surface area (Å²) in [5, 5.41) is 24.5. The van der Waals surface area contributed by atoms with Gasteiger partial charge in [-0.2, -0.15) is 5.10 Å². The molecule has 1 aromatic heterocycles. The maximum Gasteiger partial charge on any atom is 0.335 e. The quantitative estimate of drug-likeness (QED) is 0.213. The average Bonchev–Trinajstić information content (AvgIpc) is 3.27. The number of rotatable bonds is 8. The van der Waals surface area contributed by atoms with Crippen LogP contribution in [-0.4, -0.2) is 28.1 Å². The molecule has 0 radical (unpaired) electrons. The van der Waals surface area contributed by atoms with E-state index in [1.807, 2.05) is 0 Å². The highest BCUT2D eigenvalue weighted by Crippen LogP contribution is 2.28. The maximum atomic E-state index is 12.4. The number of thiophene rings is 1. The van der Waals surface area contributed by atoms with Crippen LogP contribution in [0.15, 0.2) is 77.9 Å². The van der Waals surface area contributed by atoms with Gasteiger partial charge >= 0.3 is 5.97 Å². The van der Waals surface area contributed by atoms with E-state index in [4.69, 9.17) is 9.84 Å². The zero-order valence-electron chi connectivity index (χ0n) is 17.5. The second-order valence-electron chi connectivity index (χ2n) is 7.15. The molecule has 1 amide bonds. The Morgan fingerprint density at radius 2 is 1.88 bits per heavy atom. The average molecular weight is 475 g/mol. The number of carboxylic acids is 1. The number of aromatic carboxylic acids is 1. The molecule has 0 spiro atoms. The first-order valence-corrected chi connectivity index (χ1v) is 10.8. The van der Waals surface area contributed by atoms with Crippen molar-refractivity contribution < 1.29 is 24.4 Å². The number of hydrogen-bond acceptors (Lipinski definition) is 7. The lowest BCUT2D eigenvalue weighted by Gasteiger charge is -2.07. The summed E-state index contributed by atoms with van der Waals surface area (Å²) < 4.78 is 6.45. The van der Waals surface area contributed by atoms with Crippen molar-refractivity contribution in [3.05, 3.63) is 104 Å². The van der Waals surface area contributed by atoms with Crippen LogP contribution in [-0.2, 0) is 6.61 Å². The SMILES string of the molecule is O=C(O)c1cccc(COc2ccc(C=NNC(=O)c3cc4cc([N+](=O)[O-])ccc4s3)cc2)c1. The number of ether oxygens (including phenoxy) is 1. The van der Waals surface area contributed by atoms with Crippen LogP contribution in [0.5, 0.6) is 5.75 Å². The summed E-state index contributed by atoms with van der Waals surface area (Å²) >= 11 is 1.22. The number of hydrazone groups is 1. The fourth-order valence-electron chi connectivity index (χ4n) is 3.09. The van der Waals surface area contributed by atoms with Crippen molar-refractivity contribution in [2.45, 2.75) is 6.61 Å². The minimum Gasteiger partial charge on any atom is -0.489 e. The third-order valence-electron chi connectivity index (χ3n) is 4.77. The fraction of sp³-hybridized carbons (Fsp3) is 0.0417. The van der Waals surface area contributed by atoms with Gasteiger partial charge in [0.25, 0.3) is 11.6 Å². The van der Waals surface area contributed by atoms with Crippen molar-refractivity contribution in [3.63, 3.8) is 0 Å². The lowest BCUT2D eigenvalue weighted by molar-refractivity contribution is -0.384. The normalized spacial score (nSPS) is 10.9. The molecule has 0 aliphatic rings. The minimum atomic E-state index is -0.992. The smallest absolute Gasteiger partial charge is 0.335 e. The van der Waals surface area contributed by atoms with Crippen LogP contribution in [0.4, 0.5) is 5.69 Å². The van der Waals surface area contributed by atoms with Crippen LogP contribution < -0.4 is 10.2 Å². The summed E-state index contributed by atoms with van der Waals surface area (Å²) in [5.41, 5.74) is 4.09. The Labute approximate surface area is 197 Å². The molecule has 0 saturated heterocycles. The number of nitro groups is 1. The summed E-state index contributed by atoms with van der Waals surface area (Å²) in [5.74, 6) is -0.807. The van der Waals surface area contributed by atoms with Crippen LogP contribution in [0.1, 0.15) is 31.2 Å². The summed E-state index contributed by atoms with van der Waals surface area (Å²) in [7, 11) is 0. The Kier molecular flexibility index (Phi) is 6.60. The van der Waals surface area contributed by atoms with Crippen LogP contribution in [0.25, 0.3) is 10.1 Å². The van der Waals surface area contributed by atoms with E-state index >= 15 is 0 Å². The van der Waals surface area contributed by atoms with E-state index in [0.29, 0.717) is 16.0 Å². The number of carbonyl (C=O) groups excluding carboxylic acids is 1. The molecule has 0 saturated carbocycles. The largest absolute Gasteiger partial charge is 0.489 e. The number of amides is 1. The van der Waals surface area contributed by atoms with Crippen molar-refractivity contribution in [2.75, 3.05) is 0 Å². The molecule has 3 aromatic carbocycles. The molecule has 10 heteroatoms. The number of non-ortho nitro benzene ring substituents is 1. The lowest BCUT2D eigenvalue weighted by Crippen LogP contribution is -2.16. The Bertz CT molecular complexity index is 1410. The van der Waals surface area contributed by atoms with Gasteiger partial charge in [-0.1, -0.05) is 12.1 Å². The fourth-order valence-corrected chi connectivity index (χ4v) is 4.02. The van der Waals surface area contributed by atoms with E-state index in [1.54, 1.807) is 54.6 Å². The lowest BCUT2D eigenvalue weighted by atomic mass is 10.1. The maximum absolute atomic E-state index is 12.4. The molecule has 0 aliphatic heterocycles. The minimum absolute atomic E-state index is 0.0310. The molecule has 4 rings (SSSR count). The van der Waals surface area contributed by atoms with Crippen LogP contribution in [0.2, 0.25) is 0 Å². The summed E-state index contributed by atoms with van der Waals surface area (Å²) in [4.78, 5) is 34.2. The molecule has 0 fully saturated rings. The highest BCUT2D eigenvalue weighted by molar-refractivity contribution is 7.20. The van der Waals surface area contributed by atoms with E-state index in [1.165, 1.54) is 35.8 Å². The molecular formula is C24H17N3O6S. The van der Waals surface area contributed by atoms with Crippen molar-refractivity contribution in [1.82, 2.24) is 5.43 Å². The molecule has 2 N–H and O–H groups in total. The van der Waals surface area contributed by atoms with E-state index in [0.717, 1.165) is 15.8 Å². The van der Waals surface area contributed by atoms with E-state index in [-0.39, 0.29) is 17.9 Å². The number of nitrogens with one attached hydrogen (secondary N) is 1. The highest BCUT2D eigenvalue weighted by Gasteiger charge is 2.13. The second-order valence-corrected chi connectivity index (χ2v) is 8.24. The van der Waals surface area contributed by atoms with Crippen molar-refractivity contribution >= 4 is 45.2 Å². The van der Waals surface area contributed by atoms with E-state index in [9.17, 15) is 19.7 Å². The first-order chi connectivity index (χ1) is 16.4. The van der Waals surface area contributed by atoms with Gasteiger partial charge < -0.3 is 9.84 Å². The third-order valence-corrected chi connectivity index (χ3v) is 5.89. The molecular weight excluding hydrogens is 458 g/mol. The van der Waals surface area contributed by atoms with Gasteiger partial charge in [-0.25, -0.2) is 10.2 Å². The Hall–Kier alpha value is -4.57. The molecule has 0 bridgehead atoms. The molecule has 4 aromatic rings. The van der Waals surface area contributed by atoms with Crippen molar-refractivity contribution in [3.8, 4) is 5.75 Å². The van der Waals surface area contributed by atoms with Gasteiger partial charge in [0.15, 0.2) is 0 Å². The molecule has 170 valence electrons. The Morgan fingerprint density at radius 3 is 2.62 bits per heavy atom. The van der Waals surface area contributed by atoms with Crippen LogP contribution in [0, 0.1) is 10.1 Å². The van der Waals surface area contributed by atoms with Gasteiger partial charge in [-0.05, 0) is 59.7 Å². The molecule has 0 atom stereocenters. The molecule has 34 heavy (non-hydrogen) atoms. The number of nitrogens with zero attached hydrogens (tertiary/aromatic N) is 2. The first-order valence-electron chi connectivity index (χ1n) is 9.95.